The summed E-state index contributed by atoms with van der Waals surface area (Å²) in [5.41, 5.74) is 1.40. The summed E-state index contributed by atoms with van der Waals surface area (Å²) in [6.07, 6.45) is 8.58. The number of hydrogen-bond donors (Lipinski definition) is 0. The van der Waals surface area contributed by atoms with Gasteiger partial charge in [-0.3, -0.25) is 4.79 Å². The zero-order chi connectivity index (χ0) is 10.8. The Morgan fingerprint density at radius 2 is 2.07 bits per heavy atom. The Morgan fingerprint density at radius 1 is 1.36 bits per heavy atom. The third-order valence-corrected chi connectivity index (χ3v) is 1.36. The lowest BCUT2D eigenvalue weighted by molar-refractivity contribution is -0.128. The molecule has 0 saturated heterocycles. The molecule has 14 heavy (non-hydrogen) atoms. The first kappa shape index (κ1) is 12.1. The molecule has 0 amide bonds. The van der Waals surface area contributed by atoms with Crippen LogP contribution in [0.3, 0.4) is 0 Å². The Labute approximate surface area is 83.8 Å². The van der Waals surface area contributed by atoms with Gasteiger partial charge in [0.25, 0.3) is 0 Å². The summed E-state index contributed by atoms with van der Waals surface area (Å²) < 4.78 is 0. The topological polar surface area (TPSA) is 38.7 Å². The van der Waals surface area contributed by atoms with Crippen LogP contribution in [-0.4, -0.2) is 12.2 Å². The highest BCUT2D eigenvalue weighted by atomic mass is 16.7. The lowest BCUT2D eigenvalue weighted by Gasteiger charge is -1.97. The van der Waals surface area contributed by atoms with E-state index in [4.69, 9.17) is 0 Å². The van der Waals surface area contributed by atoms with Crippen molar-refractivity contribution >= 4 is 12.2 Å². The minimum atomic E-state index is 0.270. The number of carbonyl (C=O) groups is 1. The van der Waals surface area contributed by atoms with Crippen LogP contribution in [-0.2, 0) is 9.63 Å². The van der Waals surface area contributed by atoms with Crippen molar-refractivity contribution < 1.29 is 9.63 Å². The summed E-state index contributed by atoms with van der Waals surface area (Å²) in [6.45, 7) is 9.12. The number of carbonyl (C=O) groups excluding carboxylic acids is 1. The molecule has 3 nitrogen and oxygen atoms in total. The van der Waals surface area contributed by atoms with E-state index in [1.165, 1.54) is 0 Å². The highest BCUT2D eigenvalue weighted by Crippen LogP contribution is 2.01. The van der Waals surface area contributed by atoms with Gasteiger partial charge >= 0.3 is 6.47 Å². The third kappa shape index (κ3) is 4.87. The fraction of sp³-hybridized carbons (Fsp3) is 0.0909. The lowest BCUT2D eigenvalue weighted by Crippen LogP contribution is -1.95. The summed E-state index contributed by atoms with van der Waals surface area (Å²) in [4.78, 5) is 14.2. The van der Waals surface area contributed by atoms with Crippen molar-refractivity contribution in [1.82, 2.24) is 0 Å². The first-order chi connectivity index (χ1) is 6.76. The van der Waals surface area contributed by atoms with Gasteiger partial charge in [0.1, 0.15) is 0 Å². The van der Waals surface area contributed by atoms with Crippen LogP contribution in [0.2, 0.25) is 0 Å². The average molecular weight is 191 g/mol. The Hall–Kier alpha value is -1.90. The van der Waals surface area contributed by atoms with Gasteiger partial charge in [0, 0.05) is 0 Å². The second-order valence-corrected chi connectivity index (χ2v) is 2.33. The zero-order valence-corrected chi connectivity index (χ0v) is 8.14. The van der Waals surface area contributed by atoms with E-state index in [0.29, 0.717) is 5.71 Å². The van der Waals surface area contributed by atoms with Crippen LogP contribution in [0.4, 0.5) is 0 Å². The second kappa shape index (κ2) is 7.73. The Balaban J connectivity index is 4.73. The van der Waals surface area contributed by atoms with Crippen LogP contribution in [0.15, 0.2) is 54.3 Å². The highest BCUT2D eigenvalue weighted by Gasteiger charge is 1.96. The van der Waals surface area contributed by atoms with E-state index >= 15 is 0 Å². The first-order valence-electron chi connectivity index (χ1n) is 4.02. The smallest absolute Gasteiger partial charge is 0.321 e. The van der Waals surface area contributed by atoms with Crippen molar-refractivity contribution in [1.29, 1.82) is 0 Å². The van der Waals surface area contributed by atoms with Crippen molar-refractivity contribution in [2.75, 3.05) is 0 Å². The van der Waals surface area contributed by atoms with Gasteiger partial charge in [-0.25, -0.2) is 0 Å². The molecule has 0 fully saturated rings. The quantitative estimate of drug-likeness (QED) is 0.212. The van der Waals surface area contributed by atoms with E-state index in [2.05, 4.69) is 23.2 Å². The fourth-order valence-electron chi connectivity index (χ4n) is 0.749. The van der Waals surface area contributed by atoms with Crippen LogP contribution in [0.1, 0.15) is 6.92 Å². The second-order valence-electron chi connectivity index (χ2n) is 2.33. The molecule has 0 radical (unpaired) electrons. The SMILES string of the molecule is C=C\C=C/C(=C\C=C)C(/C)=N/OC=O. The lowest BCUT2D eigenvalue weighted by atomic mass is 10.1. The highest BCUT2D eigenvalue weighted by molar-refractivity contribution is 6.00. The maximum absolute atomic E-state index is 9.90. The Morgan fingerprint density at radius 3 is 2.57 bits per heavy atom. The molecule has 0 aliphatic carbocycles. The number of nitrogens with zero attached hydrogens (tertiary/aromatic N) is 1. The molecule has 0 atom stereocenters. The minimum absolute atomic E-state index is 0.270. The molecular formula is C11H13NO2. The van der Waals surface area contributed by atoms with Crippen LogP contribution in [0.5, 0.6) is 0 Å². The molecule has 3 heteroatoms. The van der Waals surface area contributed by atoms with Crippen molar-refractivity contribution in [2.24, 2.45) is 5.16 Å². The van der Waals surface area contributed by atoms with E-state index in [1.807, 2.05) is 0 Å². The summed E-state index contributed by atoms with van der Waals surface area (Å²) >= 11 is 0. The molecule has 0 bridgehead atoms. The Kier molecular flexibility index (Phi) is 6.68. The van der Waals surface area contributed by atoms with E-state index in [9.17, 15) is 4.79 Å². The van der Waals surface area contributed by atoms with Gasteiger partial charge in [-0.1, -0.05) is 48.7 Å². The van der Waals surface area contributed by atoms with Gasteiger partial charge in [0.15, 0.2) is 0 Å². The van der Waals surface area contributed by atoms with Gasteiger partial charge in [-0.2, -0.15) is 0 Å². The number of hydrogen-bond acceptors (Lipinski definition) is 3. The van der Waals surface area contributed by atoms with E-state index < -0.39 is 0 Å². The molecule has 0 spiro atoms. The van der Waals surface area contributed by atoms with Crippen LogP contribution < -0.4 is 0 Å². The summed E-state index contributed by atoms with van der Waals surface area (Å²) in [6, 6.07) is 0. The zero-order valence-electron chi connectivity index (χ0n) is 8.14. The normalized spacial score (nSPS) is 12.6. The predicted octanol–water partition coefficient (Wildman–Crippen LogP) is 2.39. The first-order valence-corrected chi connectivity index (χ1v) is 4.02. The minimum Gasteiger partial charge on any atom is -0.321 e. The molecule has 0 unspecified atom stereocenters. The molecule has 0 saturated carbocycles. The Bertz CT molecular complexity index is 298. The van der Waals surface area contributed by atoms with Gasteiger partial charge in [0.2, 0.25) is 0 Å². The number of rotatable bonds is 6. The molecule has 0 aromatic carbocycles. The van der Waals surface area contributed by atoms with Crippen LogP contribution in [0.25, 0.3) is 0 Å². The maximum atomic E-state index is 9.90. The standard InChI is InChI=1S/C11H13NO2/c1-4-6-8-11(7-5-2)10(3)12-14-9-13/h4-9H,1-2H2,3H3/b8-6-,11-7+,12-10+. The molecular weight excluding hydrogens is 178 g/mol. The van der Waals surface area contributed by atoms with Crippen LogP contribution >= 0.6 is 0 Å². The van der Waals surface area contributed by atoms with E-state index in [1.54, 1.807) is 37.3 Å². The molecule has 74 valence electrons. The van der Waals surface area contributed by atoms with E-state index in [0.717, 1.165) is 5.57 Å². The monoisotopic (exact) mass is 191 g/mol. The van der Waals surface area contributed by atoms with Crippen molar-refractivity contribution in [2.45, 2.75) is 6.92 Å². The van der Waals surface area contributed by atoms with Crippen molar-refractivity contribution in [3.8, 4) is 0 Å². The van der Waals surface area contributed by atoms with Crippen molar-refractivity contribution in [3.63, 3.8) is 0 Å². The number of oxime groups is 1. The molecule has 0 aromatic rings. The molecule has 0 aliphatic heterocycles. The van der Waals surface area contributed by atoms with Crippen LogP contribution in [0, 0.1) is 0 Å². The average Bonchev–Trinajstić information content (AvgIpc) is 2.20. The summed E-state index contributed by atoms with van der Waals surface area (Å²) in [7, 11) is 0. The molecule has 0 aromatic heterocycles. The molecule has 0 N–H and O–H groups in total. The molecule has 0 rings (SSSR count). The summed E-state index contributed by atoms with van der Waals surface area (Å²) in [5.74, 6) is 0. The maximum Gasteiger partial charge on any atom is 0.323 e. The van der Waals surface area contributed by atoms with Gasteiger partial charge in [-0.15, -0.1) is 0 Å². The summed E-state index contributed by atoms with van der Waals surface area (Å²) in [5, 5.41) is 3.56. The fourth-order valence-corrected chi connectivity index (χ4v) is 0.749. The van der Waals surface area contributed by atoms with Gasteiger partial charge < -0.3 is 4.84 Å². The van der Waals surface area contributed by atoms with Crippen molar-refractivity contribution in [3.05, 3.63) is 49.1 Å². The van der Waals surface area contributed by atoms with Gasteiger partial charge in [-0.05, 0) is 12.5 Å². The predicted molar refractivity (Wildman–Crippen MR) is 57.9 cm³/mol. The number of allylic oxidation sites excluding steroid dienone is 6. The van der Waals surface area contributed by atoms with E-state index in [-0.39, 0.29) is 6.47 Å². The largest absolute Gasteiger partial charge is 0.323 e. The molecule has 0 heterocycles. The third-order valence-electron chi connectivity index (χ3n) is 1.36. The van der Waals surface area contributed by atoms with Gasteiger partial charge in [0.05, 0.1) is 5.71 Å². The molecule has 0 aliphatic rings.